The van der Waals surface area contributed by atoms with E-state index in [0.717, 1.165) is 0 Å². The van der Waals surface area contributed by atoms with Crippen LogP contribution in [-0.2, 0) is 14.8 Å². The Morgan fingerprint density at radius 2 is 1.70 bits per heavy atom. The lowest BCUT2D eigenvalue weighted by molar-refractivity contribution is -0.109. The molecule has 0 aliphatic heterocycles. The first kappa shape index (κ1) is 20.4. The normalized spacial score (nSPS) is 10.8. The lowest BCUT2D eigenvalue weighted by Gasteiger charge is -2.16. The minimum absolute atomic E-state index is 0.0879. The van der Waals surface area contributed by atoms with Crippen molar-refractivity contribution >= 4 is 50.8 Å². The quantitative estimate of drug-likeness (QED) is 0.252. The van der Waals surface area contributed by atoms with E-state index in [1.165, 1.54) is 12.1 Å². The third-order valence-electron chi connectivity index (χ3n) is 3.14. The van der Waals surface area contributed by atoms with E-state index in [1.807, 2.05) is 0 Å². The number of hydrazine groups is 2. The largest absolute Gasteiger partial charge is 0.332 e. The fourth-order valence-corrected chi connectivity index (χ4v) is 3.46. The molecule has 0 unspecified atom stereocenters. The van der Waals surface area contributed by atoms with E-state index in [1.54, 1.807) is 55.5 Å². The van der Waals surface area contributed by atoms with Gasteiger partial charge in [0.1, 0.15) is 0 Å². The summed E-state index contributed by atoms with van der Waals surface area (Å²) in [6, 6.07) is 12.7. The number of carbonyl (C=O) groups is 1. The van der Waals surface area contributed by atoms with Gasteiger partial charge in [-0.2, -0.15) is 0 Å². The van der Waals surface area contributed by atoms with Gasteiger partial charge in [-0.05, 0) is 54.7 Å². The predicted molar refractivity (Wildman–Crippen MR) is 110 cm³/mol. The molecule has 5 N–H and O–H groups in total. The second kappa shape index (κ2) is 9.16. The highest BCUT2D eigenvalue weighted by molar-refractivity contribution is 7.92. The number of hydrogen-bond acceptors (Lipinski definition) is 6. The Kier molecular flexibility index (Phi) is 6.93. The lowest BCUT2D eigenvalue weighted by Crippen LogP contribution is -2.39. The molecule has 0 radical (unpaired) electrons. The van der Waals surface area contributed by atoms with Gasteiger partial charge in [-0.15, -0.1) is 0 Å². The van der Waals surface area contributed by atoms with Crippen LogP contribution in [0.25, 0.3) is 0 Å². The summed E-state index contributed by atoms with van der Waals surface area (Å²) in [6.45, 7) is 0. The van der Waals surface area contributed by atoms with Crippen LogP contribution < -0.4 is 26.3 Å². The van der Waals surface area contributed by atoms with Crippen molar-refractivity contribution in [3.8, 4) is 0 Å². The Hall–Kier alpha value is -2.89. The van der Waals surface area contributed by atoms with Crippen LogP contribution in [0.3, 0.4) is 0 Å². The van der Waals surface area contributed by atoms with Crippen molar-refractivity contribution in [1.82, 2.24) is 15.9 Å². The first-order chi connectivity index (χ1) is 12.8. The third-order valence-corrected chi connectivity index (χ3v) is 4.71. The number of thiocarbonyl (C=S) groups is 1. The third kappa shape index (κ3) is 6.40. The molecule has 1 amide bonds. The van der Waals surface area contributed by atoms with Gasteiger partial charge in [-0.1, -0.05) is 6.07 Å². The van der Waals surface area contributed by atoms with Crippen molar-refractivity contribution in [2.24, 2.45) is 0 Å². The number of sulfonamides is 1. The van der Waals surface area contributed by atoms with Crippen LogP contribution in [0.2, 0.25) is 0 Å². The van der Waals surface area contributed by atoms with Crippen molar-refractivity contribution in [2.45, 2.75) is 4.90 Å². The van der Waals surface area contributed by atoms with Crippen molar-refractivity contribution < 1.29 is 13.2 Å². The molecule has 0 spiro atoms. The first-order valence-corrected chi connectivity index (χ1v) is 9.62. The highest BCUT2D eigenvalue weighted by Crippen LogP contribution is 2.20. The SMILES string of the molecule is CN(C)NC(=S)Nc1cccc(S(=O)(=O)Nc2ccc(NNC=O)cc2)c1. The highest BCUT2D eigenvalue weighted by Gasteiger charge is 2.15. The number of nitrogens with zero attached hydrogens (tertiary/aromatic N) is 1. The van der Waals surface area contributed by atoms with Gasteiger partial charge in [0.25, 0.3) is 10.0 Å². The van der Waals surface area contributed by atoms with E-state index in [4.69, 9.17) is 12.2 Å². The Bertz CT molecular complexity index is 901. The van der Waals surface area contributed by atoms with E-state index in [-0.39, 0.29) is 4.90 Å². The number of rotatable bonds is 8. The molecule has 0 bridgehead atoms. The van der Waals surface area contributed by atoms with E-state index in [0.29, 0.717) is 28.6 Å². The Morgan fingerprint density at radius 3 is 2.33 bits per heavy atom. The van der Waals surface area contributed by atoms with Crippen LogP contribution in [0.1, 0.15) is 0 Å². The number of amides is 1. The second-order valence-corrected chi connectivity index (χ2v) is 7.65. The van der Waals surface area contributed by atoms with Gasteiger partial charge >= 0.3 is 0 Å². The summed E-state index contributed by atoms with van der Waals surface area (Å²) in [4.78, 5) is 10.3. The fraction of sp³-hybridized carbons (Fsp3) is 0.125. The molecule has 0 fully saturated rings. The number of benzene rings is 2. The Labute approximate surface area is 163 Å². The van der Waals surface area contributed by atoms with Crippen molar-refractivity contribution in [2.75, 3.05) is 29.6 Å². The maximum atomic E-state index is 12.6. The molecule has 27 heavy (non-hydrogen) atoms. The van der Waals surface area contributed by atoms with Crippen LogP contribution in [0.5, 0.6) is 0 Å². The van der Waals surface area contributed by atoms with Gasteiger partial charge in [0.05, 0.1) is 10.6 Å². The number of nitrogens with one attached hydrogen (secondary N) is 5. The smallest absolute Gasteiger partial charge is 0.261 e. The molecule has 0 atom stereocenters. The van der Waals surface area contributed by atoms with Gasteiger partial charge in [0, 0.05) is 25.5 Å². The molecule has 2 rings (SSSR count). The van der Waals surface area contributed by atoms with Crippen molar-refractivity contribution in [1.29, 1.82) is 0 Å². The monoisotopic (exact) mass is 408 g/mol. The van der Waals surface area contributed by atoms with Crippen LogP contribution >= 0.6 is 12.2 Å². The average molecular weight is 409 g/mol. The minimum Gasteiger partial charge on any atom is -0.332 e. The predicted octanol–water partition coefficient (Wildman–Crippen LogP) is 1.32. The molecule has 0 saturated heterocycles. The molecule has 2 aromatic carbocycles. The molecular weight excluding hydrogens is 388 g/mol. The highest BCUT2D eigenvalue weighted by atomic mass is 32.2. The van der Waals surface area contributed by atoms with Crippen LogP contribution in [-0.4, -0.2) is 39.0 Å². The van der Waals surface area contributed by atoms with Crippen molar-refractivity contribution in [3.05, 3.63) is 48.5 Å². The van der Waals surface area contributed by atoms with Gasteiger partial charge in [-0.3, -0.25) is 25.8 Å². The lowest BCUT2D eigenvalue weighted by atomic mass is 10.3. The molecule has 2 aromatic rings. The summed E-state index contributed by atoms with van der Waals surface area (Å²) < 4.78 is 27.7. The van der Waals surface area contributed by atoms with Crippen molar-refractivity contribution in [3.63, 3.8) is 0 Å². The molecular formula is C16H20N6O3S2. The standard InChI is InChI=1S/C16H20N6O3S2/c1-22(2)20-16(26)18-14-4-3-5-15(10-14)27(24,25)21-13-8-6-12(7-9-13)19-17-11-23/h3-11,19,21H,1-2H3,(H,17,23)(H2,18,20,26). The van der Waals surface area contributed by atoms with E-state index in [2.05, 4.69) is 26.3 Å². The fourth-order valence-electron chi connectivity index (χ4n) is 2.05. The zero-order chi connectivity index (χ0) is 19.9. The maximum absolute atomic E-state index is 12.6. The number of anilines is 3. The average Bonchev–Trinajstić information content (AvgIpc) is 2.60. The molecule has 0 aromatic heterocycles. The Balaban J connectivity index is 2.10. The zero-order valence-electron chi connectivity index (χ0n) is 14.7. The molecule has 0 heterocycles. The molecule has 0 saturated carbocycles. The molecule has 9 nitrogen and oxygen atoms in total. The summed E-state index contributed by atoms with van der Waals surface area (Å²) >= 11 is 5.13. The number of carbonyl (C=O) groups excluding carboxylic acids is 1. The van der Waals surface area contributed by atoms with Gasteiger partial charge in [0.15, 0.2) is 5.11 Å². The molecule has 11 heteroatoms. The number of hydrogen-bond donors (Lipinski definition) is 5. The Morgan fingerprint density at radius 1 is 1.04 bits per heavy atom. The van der Waals surface area contributed by atoms with Gasteiger partial charge in [0.2, 0.25) is 6.41 Å². The minimum atomic E-state index is -3.78. The summed E-state index contributed by atoms with van der Waals surface area (Å²) in [5.41, 5.74) is 9.32. The van der Waals surface area contributed by atoms with E-state index >= 15 is 0 Å². The summed E-state index contributed by atoms with van der Waals surface area (Å²) in [7, 11) is -0.208. The second-order valence-electron chi connectivity index (χ2n) is 5.56. The molecule has 0 aliphatic carbocycles. The molecule has 144 valence electrons. The maximum Gasteiger partial charge on any atom is 0.261 e. The van der Waals surface area contributed by atoms with E-state index in [9.17, 15) is 13.2 Å². The summed E-state index contributed by atoms with van der Waals surface area (Å²) in [6.07, 6.45) is 0.497. The first-order valence-electron chi connectivity index (χ1n) is 7.73. The summed E-state index contributed by atoms with van der Waals surface area (Å²) in [5, 5.41) is 4.93. The van der Waals surface area contributed by atoms with E-state index < -0.39 is 10.0 Å². The van der Waals surface area contributed by atoms with Gasteiger partial charge < -0.3 is 5.32 Å². The van der Waals surface area contributed by atoms with Crippen LogP contribution in [0.4, 0.5) is 17.1 Å². The topological polar surface area (TPSA) is 115 Å². The zero-order valence-corrected chi connectivity index (χ0v) is 16.3. The molecule has 0 aliphatic rings. The van der Waals surface area contributed by atoms with Gasteiger partial charge in [-0.25, -0.2) is 13.4 Å². The summed E-state index contributed by atoms with van der Waals surface area (Å²) in [5.74, 6) is 0. The van der Waals surface area contributed by atoms with Crippen LogP contribution in [0, 0.1) is 0 Å². The van der Waals surface area contributed by atoms with Crippen LogP contribution in [0.15, 0.2) is 53.4 Å².